The van der Waals surface area contributed by atoms with Crippen LogP contribution in [0.1, 0.15) is 30.4 Å². The predicted octanol–water partition coefficient (Wildman–Crippen LogP) is 5.49. The van der Waals surface area contributed by atoms with Crippen molar-refractivity contribution >= 4 is 22.5 Å². The molecule has 1 saturated heterocycles. The van der Waals surface area contributed by atoms with E-state index in [1.807, 2.05) is 36.5 Å². The molecule has 1 unspecified atom stereocenters. The average Bonchev–Trinajstić information content (AvgIpc) is 2.72. The molecule has 0 bridgehead atoms. The maximum Gasteiger partial charge on any atom is 0.118 e. The Kier molecular flexibility index (Phi) is 5.61. The molecule has 2 heterocycles. The second-order valence-corrected chi connectivity index (χ2v) is 7.66. The van der Waals surface area contributed by atoms with Crippen LogP contribution in [0.4, 0.5) is 0 Å². The number of nitrogens with zero attached hydrogens (tertiary/aromatic N) is 2. The lowest BCUT2D eigenvalue weighted by Crippen LogP contribution is -2.40. The number of aromatic nitrogens is 1. The van der Waals surface area contributed by atoms with E-state index in [4.69, 9.17) is 16.3 Å². The van der Waals surface area contributed by atoms with Gasteiger partial charge in [-0.25, -0.2) is 0 Å². The van der Waals surface area contributed by atoms with Crippen molar-refractivity contribution < 1.29 is 4.74 Å². The van der Waals surface area contributed by atoms with Crippen LogP contribution >= 0.6 is 11.6 Å². The van der Waals surface area contributed by atoms with Crippen molar-refractivity contribution in [3.8, 4) is 5.75 Å². The minimum atomic E-state index is 0.501. The highest BCUT2D eigenvalue weighted by atomic mass is 35.5. The summed E-state index contributed by atoms with van der Waals surface area (Å²) in [5.74, 6) is 0.906. The van der Waals surface area contributed by atoms with Gasteiger partial charge in [0, 0.05) is 24.2 Å². The lowest BCUT2D eigenvalue weighted by molar-refractivity contribution is 0.139. The van der Waals surface area contributed by atoms with Crippen molar-refractivity contribution in [3.05, 3.63) is 70.9 Å². The Hall–Kier alpha value is -2.10. The van der Waals surface area contributed by atoms with E-state index in [2.05, 4.69) is 28.1 Å². The first-order chi connectivity index (χ1) is 13.2. The van der Waals surface area contributed by atoms with E-state index in [0.717, 1.165) is 46.7 Å². The second kappa shape index (κ2) is 8.28. The van der Waals surface area contributed by atoms with Crippen molar-refractivity contribution in [1.29, 1.82) is 0 Å². The Morgan fingerprint density at radius 2 is 1.93 bits per heavy atom. The number of rotatable bonds is 5. The van der Waals surface area contributed by atoms with E-state index in [1.165, 1.54) is 24.8 Å². The smallest absolute Gasteiger partial charge is 0.118 e. The zero-order valence-corrected chi connectivity index (χ0v) is 16.5. The number of methoxy groups -OCH3 is 1. The number of hydrogen-bond donors (Lipinski definition) is 0. The molecule has 4 heteroatoms. The number of ether oxygens (including phenoxy) is 1. The molecular formula is C23H25ClN2O. The van der Waals surface area contributed by atoms with Crippen LogP contribution in [0.25, 0.3) is 10.9 Å². The van der Waals surface area contributed by atoms with Crippen molar-refractivity contribution in [3.63, 3.8) is 0 Å². The van der Waals surface area contributed by atoms with Crippen molar-refractivity contribution in [1.82, 2.24) is 9.88 Å². The molecule has 4 rings (SSSR count). The van der Waals surface area contributed by atoms with Gasteiger partial charge in [0.2, 0.25) is 0 Å². The molecule has 1 aliphatic rings. The zero-order chi connectivity index (χ0) is 18.6. The maximum atomic E-state index is 6.73. The Morgan fingerprint density at radius 3 is 2.74 bits per heavy atom. The van der Waals surface area contributed by atoms with Gasteiger partial charge in [0.1, 0.15) is 5.75 Å². The van der Waals surface area contributed by atoms with Gasteiger partial charge in [-0.2, -0.15) is 0 Å². The minimum absolute atomic E-state index is 0.501. The molecule has 0 N–H and O–H groups in total. The first kappa shape index (κ1) is 18.3. The highest BCUT2D eigenvalue weighted by Gasteiger charge is 2.24. The van der Waals surface area contributed by atoms with Gasteiger partial charge in [0.15, 0.2) is 0 Å². The number of halogens is 1. The van der Waals surface area contributed by atoms with Crippen molar-refractivity contribution in [2.75, 3.05) is 13.7 Å². The first-order valence-electron chi connectivity index (χ1n) is 9.63. The van der Waals surface area contributed by atoms with Crippen LogP contribution in [0, 0.1) is 0 Å². The predicted molar refractivity (Wildman–Crippen MR) is 112 cm³/mol. The number of pyridine rings is 1. The van der Waals surface area contributed by atoms with E-state index < -0.39 is 0 Å². The molecule has 1 aromatic heterocycles. The molecule has 1 atom stereocenters. The Morgan fingerprint density at radius 1 is 1.11 bits per heavy atom. The normalized spacial score (nSPS) is 17.9. The monoisotopic (exact) mass is 380 g/mol. The van der Waals surface area contributed by atoms with E-state index in [0.29, 0.717) is 6.04 Å². The van der Waals surface area contributed by atoms with Gasteiger partial charge in [-0.15, -0.1) is 0 Å². The third-order valence-electron chi connectivity index (χ3n) is 5.53. The molecular weight excluding hydrogens is 356 g/mol. The molecule has 27 heavy (non-hydrogen) atoms. The Labute approximate surface area is 165 Å². The summed E-state index contributed by atoms with van der Waals surface area (Å²) in [5, 5.41) is 1.91. The summed E-state index contributed by atoms with van der Waals surface area (Å²) >= 11 is 6.73. The average molecular weight is 381 g/mol. The highest BCUT2D eigenvalue weighted by Crippen LogP contribution is 2.30. The number of fused-ring (bicyclic) bond motifs is 1. The standard InChI is InChI=1S/C23H25ClN2O/c1-27-20-11-9-17(10-12-20)16-26-13-5-4-6-19(26)14-18-15-25-22-8-3-2-7-21(22)23(18)24/h2-3,7-12,15,19H,4-6,13-14,16H2,1H3. The summed E-state index contributed by atoms with van der Waals surface area (Å²) in [5.41, 5.74) is 3.44. The van der Waals surface area contributed by atoms with E-state index >= 15 is 0 Å². The maximum absolute atomic E-state index is 6.73. The third-order valence-corrected chi connectivity index (χ3v) is 5.98. The van der Waals surface area contributed by atoms with Crippen LogP contribution in [0.15, 0.2) is 54.7 Å². The number of benzene rings is 2. The fourth-order valence-corrected chi connectivity index (χ4v) is 4.30. The highest BCUT2D eigenvalue weighted by molar-refractivity contribution is 6.36. The van der Waals surface area contributed by atoms with Crippen LogP contribution in [-0.4, -0.2) is 29.6 Å². The number of likely N-dealkylation sites (tertiary alicyclic amines) is 1. The Bertz CT molecular complexity index is 910. The topological polar surface area (TPSA) is 25.4 Å². The summed E-state index contributed by atoms with van der Waals surface area (Å²) < 4.78 is 5.27. The van der Waals surface area contributed by atoms with Crippen molar-refractivity contribution in [2.24, 2.45) is 0 Å². The Balaban J connectivity index is 1.53. The lowest BCUT2D eigenvalue weighted by atomic mass is 9.95. The largest absolute Gasteiger partial charge is 0.497 e. The number of para-hydroxylation sites is 1. The van der Waals surface area contributed by atoms with E-state index in [-0.39, 0.29) is 0 Å². The second-order valence-electron chi connectivity index (χ2n) is 7.29. The van der Waals surface area contributed by atoms with Gasteiger partial charge >= 0.3 is 0 Å². The molecule has 0 amide bonds. The summed E-state index contributed by atoms with van der Waals surface area (Å²) in [6, 6.07) is 17.0. The van der Waals surface area contributed by atoms with Crippen LogP contribution < -0.4 is 4.74 Å². The SMILES string of the molecule is COc1ccc(CN2CCCCC2Cc2cnc3ccccc3c2Cl)cc1. The summed E-state index contributed by atoms with van der Waals surface area (Å²) in [6.07, 6.45) is 6.66. The van der Waals surface area contributed by atoms with Gasteiger partial charge in [0.25, 0.3) is 0 Å². The summed E-state index contributed by atoms with van der Waals surface area (Å²) in [6.45, 7) is 2.10. The number of piperidine rings is 1. The zero-order valence-electron chi connectivity index (χ0n) is 15.7. The molecule has 0 aliphatic carbocycles. The van der Waals surface area contributed by atoms with Crippen molar-refractivity contribution in [2.45, 2.75) is 38.3 Å². The van der Waals surface area contributed by atoms with Crippen LogP contribution in [0.2, 0.25) is 5.02 Å². The lowest BCUT2D eigenvalue weighted by Gasteiger charge is -2.36. The minimum Gasteiger partial charge on any atom is -0.497 e. The van der Waals surface area contributed by atoms with Gasteiger partial charge < -0.3 is 4.74 Å². The molecule has 0 spiro atoms. The number of hydrogen-bond acceptors (Lipinski definition) is 3. The van der Waals surface area contributed by atoms with Gasteiger partial charge in [-0.3, -0.25) is 9.88 Å². The third kappa shape index (κ3) is 4.10. The molecule has 1 aliphatic heterocycles. The molecule has 0 radical (unpaired) electrons. The van der Waals surface area contributed by atoms with E-state index in [9.17, 15) is 0 Å². The fourth-order valence-electron chi connectivity index (χ4n) is 4.01. The quantitative estimate of drug-likeness (QED) is 0.584. The fraction of sp³-hybridized carbons (Fsp3) is 0.348. The van der Waals surface area contributed by atoms with Gasteiger partial charge in [-0.05, 0) is 55.1 Å². The van der Waals surface area contributed by atoms with Crippen LogP contribution in [0.5, 0.6) is 5.75 Å². The van der Waals surface area contributed by atoms with E-state index in [1.54, 1.807) is 7.11 Å². The molecule has 3 nitrogen and oxygen atoms in total. The van der Waals surface area contributed by atoms with Crippen LogP contribution in [-0.2, 0) is 13.0 Å². The summed E-state index contributed by atoms with van der Waals surface area (Å²) in [4.78, 5) is 7.21. The van der Waals surface area contributed by atoms with Gasteiger partial charge in [0.05, 0.1) is 17.6 Å². The van der Waals surface area contributed by atoms with Gasteiger partial charge in [-0.1, -0.05) is 48.4 Å². The first-order valence-corrected chi connectivity index (χ1v) is 10.0. The molecule has 140 valence electrons. The van der Waals surface area contributed by atoms with Crippen LogP contribution in [0.3, 0.4) is 0 Å². The molecule has 1 fully saturated rings. The molecule has 2 aromatic carbocycles. The molecule has 3 aromatic rings. The molecule has 0 saturated carbocycles. The summed E-state index contributed by atoms with van der Waals surface area (Å²) in [7, 11) is 1.71.